The maximum Gasteiger partial charge on any atom is 0.258 e. The summed E-state index contributed by atoms with van der Waals surface area (Å²) in [6.45, 7) is 8.05. The fourth-order valence-corrected chi connectivity index (χ4v) is 2.59. The van der Waals surface area contributed by atoms with Crippen LogP contribution in [0.4, 0.5) is 5.69 Å². The van der Waals surface area contributed by atoms with Gasteiger partial charge in [-0.3, -0.25) is 9.59 Å². The third-order valence-corrected chi connectivity index (χ3v) is 3.95. The summed E-state index contributed by atoms with van der Waals surface area (Å²) in [6, 6.07) is 14.8. The lowest BCUT2D eigenvalue weighted by atomic mass is 10.2. The molecule has 2 aromatic carbocycles. The minimum Gasteiger partial charge on any atom is -0.491 e. The Balaban J connectivity index is 1.81. The molecule has 0 spiro atoms. The van der Waals surface area contributed by atoms with Crippen LogP contribution >= 0.6 is 0 Å². The first-order valence-electron chi connectivity index (χ1n) is 9.36. The molecule has 0 atom stereocenters. The third kappa shape index (κ3) is 6.95. The van der Waals surface area contributed by atoms with E-state index in [-0.39, 0.29) is 24.5 Å². The van der Waals surface area contributed by atoms with Crippen molar-refractivity contribution in [2.24, 2.45) is 0 Å². The molecule has 0 aliphatic heterocycles. The van der Waals surface area contributed by atoms with Crippen LogP contribution in [0.5, 0.6) is 11.5 Å². The fourth-order valence-electron chi connectivity index (χ4n) is 2.59. The summed E-state index contributed by atoms with van der Waals surface area (Å²) in [6.07, 6.45) is 0.0899. The van der Waals surface area contributed by atoms with Gasteiger partial charge in [-0.25, -0.2) is 0 Å². The fraction of sp³-hybridized carbons (Fsp3) is 0.364. The van der Waals surface area contributed by atoms with E-state index in [9.17, 15) is 9.59 Å². The van der Waals surface area contributed by atoms with Crippen molar-refractivity contribution in [2.75, 3.05) is 24.6 Å². The van der Waals surface area contributed by atoms with E-state index < -0.39 is 0 Å². The lowest BCUT2D eigenvalue weighted by molar-refractivity contribution is -0.123. The van der Waals surface area contributed by atoms with Gasteiger partial charge in [-0.15, -0.1) is 0 Å². The Labute approximate surface area is 166 Å². The van der Waals surface area contributed by atoms with Crippen molar-refractivity contribution in [3.8, 4) is 11.5 Å². The number of nitrogens with one attached hydrogen (secondary N) is 1. The maximum absolute atomic E-state index is 12.0. The standard InChI is InChI=1S/C22H28N2O4/c1-16(2)28-21-11-7-19(8-12-21)24(18(4)25)14-13-23-22(26)15-27-20-9-5-17(3)6-10-20/h5-12,16H,13-15H2,1-4H3,(H,23,26). The average molecular weight is 384 g/mol. The highest BCUT2D eigenvalue weighted by Crippen LogP contribution is 2.20. The number of carbonyl (C=O) groups is 2. The van der Waals surface area contributed by atoms with Gasteiger partial charge < -0.3 is 19.7 Å². The summed E-state index contributed by atoms with van der Waals surface area (Å²) >= 11 is 0. The smallest absolute Gasteiger partial charge is 0.258 e. The molecule has 0 saturated carbocycles. The van der Waals surface area contributed by atoms with Crippen LogP contribution in [-0.4, -0.2) is 37.6 Å². The van der Waals surface area contributed by atoms with Crippen molar-refractivity contribution < 1.29 is 19.1 Å². The summed E-state index contributed by atoms with van der Waals surface area (Å²) in [4.78, 5) is 25.6. The molecule has 2 rings (SSSR count). The molecule has 0 fully saturated rings. The molecular weight excluding hydrogens is 356 g/mol. The summed E-state index contributed by atoms with van der Waals surface area (Å²) < 4.78 is 11.1. The molecule has 0 unspecified atom stereocenters. The third-order valence-electron chi connectivity index (χ3n) is 3.95. The minimum absolute atomic E-state index is 0.0651. The molecule has 0 saturated heterocycles. The van der Waals surface area contributed by atoms with E-state index in [0.29, 0.717) is 18.8 Å². The topological polar surface area (TPSA) is 67.9 Å². The zero-order valence-electron chi connectivity index (χ0n) is 16.9. The number of hydrogen-bond donors (Lipinski definition) is 1. The van der Waals surface area contributed by atoms with Gasteiger partial charge in [-0.05, 0) is 57.2 Å². The Morgan fingerprint density at radius 1 is 1.00 bits per heavy atom. The first-order chi connectivity index (χ1) is 13.3. The summed E-state index contributed by atoms with van der Waals surface area (Å²) in [7, 11) is 0. The number of amides is 2. The first-order valence-corrected chi connectivity index (χ1v) is 9.36. The molecule has 0 radical (unpaired) electrons. The van der Waals surface area contributed by atoms with Crippen molar-refractivity contribution in [2.45, 2.75) is 33.8 Å². The number of aryl methyl sites for hydroxylation is 1. The largest absolute Gasteiger partial charge is 0.491 e. The second-order valence-electron chi connectivity index (χ2n) is 6.78. The second-order valence-corrected chi connectivity index (χ2v) is 6.78. The Morgan fingerprint density at radius 2 is 1.61 bits per heavy atom. The van der Waals surface area contributed by atoms with E-state index in [0.717, 1.165) is 17.0 Å². The Hall–Kier alpha value is -3.02. The molecule has 0 bridgehead atoms. The average Bonchev–Trinajstić information content (AvgIpc) is 2.65. The van der Waals surface area contributed by atoms with Gasteiger partial charge in [0.1, 0.15) is 11.5 Å². The molecule has 1 N–H and O–H groups in total. The number of hydrogen-bond acceptors (Lipinski definition) is 4. The van der Waals surface area contributed by atoms with Crippen LogP contribution in [0, 0.1) is 6.92 Å². The van der Waals surface area contributed by atoms with Crippen molar-refractivity contribution in [3.05, 3.63) is 54.1 Å². The summed E-state index contributed by atoms with van der Waals surface area (Å²) in [5.74, 6) is 1.08. The SMILES string of the molecule is CC(=O)N(CCNC(=O)COc1ccc(C)cc1)c1ccc(OC(C)C)cc1. The number of anilines is 1. The molecule has 0 aliphatic carbocycles. The van der Waals surface area contributed by atoms with Gasteiger partial charge in [0.2, 0.25) is 5.91 Å². The summed E-state index contributed by atoms with van der Waals surface area (Å²) in [5, 5.41) is 2.77. The molecular formula is C22H28N2O4. The van der Waals surface area contributed by atoms with E-state index >= 15 is 0 Å². The van der Waals surface area contributed by atoms with E-state index in [1.54, 1.807) is 4.90 Å². The quantitative estimate of drug-likeness (QED) is 0.720. The van der Waals surface area contributed by atoms with Gasteiger partial charge >= 0.3 is 0 Å². The normalized spacial score (nSPS) is 10.5. The lowest BCUT2D eigenvalue weighted by Crippen LogP contribution is -2.39. The number of nitrogens with zero attached hydrogens (tertiary/aromatic N) is 1. The van der Waals surface area contributed by atoms with E-state index in [2.05, 4.69) is 5.32 Å². The zero-order chi connectivity index (χ0) is 20.5. The zero-order valence-corrected chi connectivity index (χ0v) is 16.9. The number of benzene rings is 2. The number of ether oxygens (including phenoxy) is 2. The van der Waals surface area contributed by atoms with Crippen LogP contribution in [0.25, 0.3) is 0 Å². The summed E-state index contributed by atoms with van der Waals surface area (Å²) in [5.41, 5.74) is 1.89. The van der Waals surface area contributed by atoms with Crippen LogP contribution in [0.2, 0.25) is 0 Å². The Kier molecular flexibility index (Phi) is 7.87. The van der Waals surface area contributed by atoms with E-state index in [1.165, 1.54) is 6.92 Å². The lowest BCUT2D eigenvalue weighted by Gasteiger charge is -2.22. The van der Waals surface area contributed by atoms with Crippen molar-refractivity contribution in [3.63, 3.8) is 0 Å². The van der Waals surface area contributed by atoms with Crippen LogP contribution < -0.4 is 19.7 Å². The minimum atomic E-state index is -0.232. The van der Waals surface area contributed by atoms with Crippen molar-refractivity contribution in [1.29, 1.82) is 0 Å². The molecule has 0 aromatic heterocycles. The van der Waals surface area contributed by atoms with Crippen molar-refractivity contribution in [1.82, 2.24) is 5.32 Å². The first kappa shape index (κ1) is 21.3. The molecule has 2 aromatic rings. The van der Waals surface area contributed by atoms with Crippen LogP contribution in [0.15, 0.2) is 48.5 Å². The second kappa shape index (κ2) is 10.3. The van der Waals surface area contributed by atoms with Crippen molar-refractivity contribution >= 4 is 17.5 Å². The van der Waals surface area contributed by atoms with Gasteiger partial charge in [-0.1, -0.05) is 17.7 Å². The maximum atomic E-state index is 12.0. The predicted octanol–water partition coefficient (Wildman–Crippen LogP) is 3.33. The van der Waals surface area contributed by atoms with Gasteiger partial charge in [0.15, 0.2) is 6.61 Å². The molecule has 0 heterocycles. The van der Waals surface area contributed by atoms with Crippen LogP contribution in [0.1, 0.15) is 26.3 Å². The number of carbonyl (C=O) groups excluding carboxylic acids is 2. The molecule has 0 aliphatic rings. The molecule has 28 heavy (non-hydrogen) atoms. The van der Waals surface area contributed by atoms with Gasteiger partial charge in [0.05, 0.1) is 6.10 Å². The van der Waals surface area contributed by atoms with Gasteiger partial charge in [-0.2, -0.15) is 0 Å². The van der Waals surface area contributed by atoms with Gasteiger partial charge in [0.25, 0.3) is 5.91 Å². The highest BCUT2D eigenvalue weighted by Gasteiger charge is 2.12. The molecule has 2 amide bonds. The monoisotopic (exact) mass is 384 g/mol. The van der Waals surface area contributed by atoms with E-state index in [1.807, 2.05) is 69.3 Å². The van der Waals surface area contributed by atoms with E-state index in [4.69, 9.17) is 9.47 Å². The predicted molar refractivity (Wildman–Crippen MR) is 110 cm³/mol. The van der Waals surface area contributed by atoms with Crippen LogP contribution in [0.3, 0.4) is 0 Å². The Morgan fingerprint density at radius 3 is 2.18 bits per heavy atom. The highest BCUT2D eigenvalue weighted by molar-refractivity contribution is 5.91. The van der Waals surface area contributed by atoms with Gasteiger partial charge in [0, 0.05) is 25.7 Å². The van der Waals surface area contributed by atoms with Crippen LogP contribution in [-0.2, 0) is 9.59 Å². The highest BCUT2D eigenvalue weighted by atomic mass is 16.5. The molecule has 6 nitrogen and oxygen atoms in total. The Bertz CT molecular complexity index is 770. The number of rotatable bonds is 9. The molecule has 150 valence electrons. The molecule has 6 heteroatoms.